The Morgan fingerprint density at radius 3 is 1.25 bits per heavy atom. The van der Waals surface area contributed by atoms with Crippen LogP contribution < -0.4 is 0 Å². The first-order valence-electron chi connectivity index (χ1n) is 4.66. The van der Waals surface area contributed by atoms with Gasteiger partial charge in [-0.15, -0.1) is 0 Å². The molecule has 74 valence electrons. The Bertz CT molecular complexity index is 151. The van der Waals surface area contributed by atoms with Gasteiger partial charge in [0.2, 0.25) is 0 Å². The summed E-state index contributed by atoms with van der Waals surface area (Å²) in [6, 6.07) is 0. The average Bonchev–Trinajstić information content (AvgIpc) is 1.52. The summed E-state index contributed by atoms with van der Waals surface area (Å²) in [6.45, 7) is 18.4. The molecule has 0 saturated heterocycles. The number of hydrogen-bond donors (Lipinski definition) is 0. The predicted molar refractivity (Wildman–Crippen MR) is 61.9 cm³/mol. The molecule has 0 rings (SSSR count). The molecular weight excluding hydrogens is 180 g/mol. The van der Waals surface area contributed by atoms with Gasteiger partial charge in [-0.1, -0.05) is 19.6 Å². The fourth-order valence-corrected chi connectivity index (χ4v) is 4.59. The van der Waals surface area contributed by atoms with E-state index in [1.165, 1.54) is 0 Å². The molecular formula is C9H24OSi2. The Labute approximate surface area is 79.7 Å². The van der Waals surface area contributed by atoms with Crippen LogP contribution in [0.3, 0.4) is 0 Å². The summed E-state index contributed by atoms with van der Waals surface area (Å²) in [7, 11) is -2.55. The molecule has 0 aromatic carbocycles. The molecule has 0 saturated carbocycles. The van der Waals surface area contributed by atoms with Crippen molar-refractivity contribution >= 4 is 16.4 Å². The van der Waals surface area contributed by atoms with Crippen LogP contribution in [0, 0.1) is 0 Å². The van der Waals surface area contributed by atoms with Gasteiger partial charge < -0.3 is 4.43 Å². The molecule has 1 nitrogen and oxygen atoms in total. The third-order valence-corrected chi connectivity index (χ3v) is 7.41. The van der Waals surface area contributed by atoms with E-state index in [0.717, 1.165) is 0 Å². The maximum absolute atomic E-state index is 6.19. The summed E-state index contributed by atoms with van der Waals surface area (Å²) in [6.07, 6.45) is 0. The van der Waals surface area contributed by atoms with E-state index in [0.29, 0.717) is 0 Å². The monoisotopic (exact) mass is 204 g/mol. The van der Waals surface area contributed by atoms with Crippen molar-refractivity contribution in [3.05, 3.63) is 0 Å². The van der Waals surface area contributed by atoms with Crippen molar-refractivity contribution in [1.29, 1.82) is 0 Å². The maximum atomic E-state index is 6.19. The largest absolute Gasteiger partial charge is 0.415 e. The molecule has 0 heterocycles. The standard InChI is InChI=1S/C9H24OSi2/c1-9(2,11(3,4)5)10-12(6,7)8/h1-8H3. The lowest BCUT2D eigenvalue weighted by Crippen LogP contribution is -2.54. The van der Waals surface area contributed by atoms with Crippen LogP contribution >= 0.6 is 0 Å². The smallest absolute Gasteiger partial charge is 0.184 e. The van der Waals surface area contributed by atoms with Crippen LogP contribution in [0.1, 0.15) is 13.8 Å². The molecule has 0 N–H and O–H groups in total. The Balaban J connectivity index is 4.44. The molecule has 0 atom stereocenters. The molecule has 3 heteroatoms. The molecule has 0 aliphatic rings. The third kappa shape index (κ3) is 3.87. The molecule has 0 aliphatic heterocycles. The van der Waals surface area contributed by atoms with Crippen molar-refractivity contribution in [2.24, 2.45) is 0 Å². The molecule has 0 aromatic heterocycles. The third-order valence-electron chi connectivity index (χ3n) is 2.37. The van der Waals surface area contributed by atoms with Gasteiger partial charge >= 0.3 is 0 Å². The first-order valence-corrected chi connectivity index (χ1v) is 11.6. The van der Waals surface area contributed by atoms with Crippen LogP contribution in [0.2, 0.25) is 39.3 Å². The SMILES string of the molecule is CC(C)(O[Si](C)(C)C)[Si](C)(C)C. The minimum atomic E-state index is -1.37. The molecule has 0 spiro atoms. The van der Waals surface area contributed by atoms with E-state index in [1.54, 1.807) is 0 Å². The van der Waals surface area contributed by atoms with Gasteiger partial charge in [0.05, 0.1) is 8.07 Å². The summed E-state index contributed by atoms with van der Waals surface area (Å²) in [5, 5.41) is 0.122. The highest BCUT2D eigenvalue weighted by molar-refractivity contribution is 6.80. The lowest BCUT2D eigenvalue weighted by atomic mass is 10.5. The lowest BCUT2D eigenvalue weighted by molar-refractivity contribution is 0.177. The van der Waals surface area contributed by atoms with Crippen molar-refractivity contribution in [2.45, 2.75) is 58.4 Å². The van der Waals surface area contributed by atoms with Gasteiger partial charge in [0.15, 0.2) is 8.32 Å². The van der Waals surface area contributed by atoms with Crippen LogP contribution in [-0.4, -0.2) is 21.6 Å². The van der Waals surface area contributed by atoms with Crippen molar-refractivity contribution in [1.82, 2.24) is 0 Å². The zero-order valence-electron chi connectivity index (χ0n) is 9.91. The Hall–Kier alpha value is 0.394. The van der Waals surface area contributed by atoms with Gasteiger partial charge in [-0.05, 0) is 33.5 Å². The van der Waals surface area contributed by atoms with Crippen LogP contribution in [0.25, 0.3) is 0 Å². The van der Waals surface area contributed by atoms with Crippen molar-refractivity contribution in [3.63, 3.8) is 0 Å². The second kappa shape index (κ2) is 3.27. The van der Waals surface area contributed by atoms with Gasteiger partial charge in [-0.25, -0.2) is 0 Å². The van der Waals surface area contributed by atoms with E-state index < -0.39 is 16.4 Å². The first kappa shape index (κ1) is 12.4. The summed E-state index contributed by atoms with van der Waals surface area (Å²) in [5.41, 5.74) is 0. The van der Waals surface area contributed by atoms with Crippen LogP contribution in [0.4, 0.5) is 0 Å². The van der Waals surface area contributed by atoms with Crippen LogP contribution in [0.15, 0.2) is 0 Å². The summed E-state index contributed by atoms with van der Waals surface area (Å²) >= 11 is 0. The van der Waals surface area contributed by atoms with Gasteiger partial charge in [0, 0.05) is 5.22 Å². The van der Waals surface area contributed by atoms with E-state index in [2.05, 4.69) is 53.1 Å². The predicted octanol–water partition coefficient (Wildman–Crippen LogP) is 3.49. The first-order chi connectivity index (χ1) is 4.96. The van der Waals surface area contributed by atoms with E-state index in [1.807, 2.05) is 0 Å². The minimum absolute atomic E-state index is 0.122. The second-order valence-electron chi connectivity index (χ2n) is 5.97. The van der Waals surface area contributed by atoms with Crippen molar-refractivity contribution < 1.29 is 4.43 Å². The van der Waals surface area contributed by atoms with E-state index in [9.17, 15) is 0 Å². The van der Waals surface area contributed by atoms with E-state index >= 15 is 0 Å². The van der Waals surface area contributed by atoms with Crippen LogP contribution in [0.5, 0.6) is 0 Å². The Kier molecular flexibility index (Phi) is 3.38. The lowest BCUT2D eigenvalue weighted by Gasteiger charge is -2.42. The van der Waals surface area contributed by atoms with Gasteiger partial charge in [-0.2, -0.15) is 0 Å². The molecule has 0 unspecified atom stereocenters. The highest BCUT2D eigenvalue weighted by atomic mass is 28.4. The fourth-order valence-electron chi connectivity index (χ4n) is 0.919. The zero-order valence-corrected chi connectivity index (χ0v) is 11.9. The summed E-state index contributed by atoms with van der Waals surface area (Å²) < 4.78 is 6.19. The maximum Gasteiger partial charge on any atom is 0.184 e. The number of rotatable bonds is 3. The van der Waals surface area contributed by atoms with Gasteiger partial charge in [0.1, 0.15) is 0 Å². The average molecular weight is 204 g/mol. The topological polar surface area (TPSA) is 9.23 Å². The minimum Gasteiger partial charge on any atom is -0.415 e. The summed E-state index contributed by atoms with van der Waals surface area (Å²) in [4.78, 5) is 0. The van der Waals surface area contributed by atoms with Gasteiger partial charge in [0.25, 0.3) is 0 Å². The molecule has 0 amide bonds. The Morgan fingerprint density at radius 1 is 0.833 bits per heavy atom. The molecule has 12 heavy (non-hydrogen) atoms. The second-order valence-corrected chi connectivity index (χ2v) is 16.1. The van der Waals surface area contributed by atoms with Crippen LogP contribution in [-0.2, 0) is 4.43 Å². The van der Waals surface area contributed by atoms with Crippen molar-refractivity contribution in [3.8, 4) is 0 Å². The molecule has 0 bridgehead atoms. The van der Waals surface area contributed by atoms with Crippen molar-refractivity contribution in [2.75, 3.05) is 0 Å². The number of hydrogen-bond acceptors (Lipinski definition) is 1. The molecule has 0 radical (unpaired) electrons. The van der Waals surface area contributed by atoms with Gasteiger partial charge in [-0.3, -0.25) is 0 Å². The summed E-state index contributed by atoms with van der Waals surface area (Å²) in [5.74, 6) is 0. The quantitative estimate of drug-likeness (QED) is 0.640. The normalized spacial score (nSPS) is 15.0. The molecule has 0 fully saturated rings. The zero-order chi connectivity index (χ0) is 10.2. The highest BCUT2D eigenvalue weighted by Gasteiger charge is 2.38. The fraction of sp³-hybridized carbons (Fsp3) is 1.00. The molecule has 0 aliphatic carbocycles. The Morgan fingerprint density at radius 2 is 1.17 bits per heavy atom. The van der Waals surface area contributed by atoms with E-state index in [-0.39, 0.29) is 5.22 Å². The van der Waals surface area contributed by atoms with E-state index in [4.69, 9.17) is 4.43 Å². The highest BCUT2D eigenvalue weighted by Crippen LogP contribution is 2.27. The molecule has 0 aromatic rings.